The van der Waals surface area contributed by atoms with Crippen molar-refractivity contribution in [2.24, 2.45) is 0 Å². The van der Waals surface area contributed by atoms with Crippen molar-refractivity contribution < 1.29 is 12.9 Å². The lowest BCUT2D eigenvalue weighted by Crippen LogP contribution is -2.34. The van der Waals surface area contributed by atoms with Crippen LogP contribution in [0.4, 0.5) is 0 Å². The van der Waals surface area contributed by atoms with E-state index >= 15 is 0 Å². The van der Waals surface area contributed by atoms with Gasteiger partial charge in [-0.15, -0.1) is 0 Å². The molecule has 1 aliphatic heterocycles. The highest BCUT2D eigenvalue weighted by Gasteiger charge is 2.30. The molecule has 0 unspecified atom stereocenters. The van der Waals surface area contributed by atoms with Gasteiger partial charge in [-0.05, 0) is 26.7 Å². The Morgan fingerprint density at radius 3 is 2.11 bits per heavy atom. The minimum atomic E-state index is -3.44. The van der Waals surface area contributed by atoms with Gasteiger partial charge in [-0.1, -0.05) is 24.4 Å². The van der Waals surface area contributed by atoms with Crippen molar-refractivity contribution in [3.63, 3.8) is 0 Å². The average molecular weight is 272 g/mol. The lowest BCUT2D eigenvalue weighted by molar-refractivity contribution is 0.362. The van der Waals surface area contributed by atoms with Gasteiger partial charge in [0.15, 0.2) is 5.76 Å². The predicted octanol–water partition coefficient (Wildman–Crippen LogP) is 2.25. The number of hydrogen-bond acceptors (Lipinski definition) is 4. The van der Waals surface area contributed by atoms with Crippen LogP contribution in [-0.4, -0.2) is 31.0 Å². The van der Waals surface area contributed by atoms with Crippen molar-refractivity contribution in [3.8, 4) is 0 Å². The maximum Gasteiger partial charge on any atom is 0.248 e. The van der Waals surface area contributed by atoms with Gasteiger partial charge in [0, 0.05) is 13.1 Å². The highest BCUT2D eigenvalue weighted by Crippen LogP contribution is 2.25. The minimum Gasteiger partial charge on any atom is -0.360 e. The fourth-order valence-corrected chi connectivity index (χ4v) is 4.24. The quantitative estimate of drug-likeness (QED) is 0.828. The van der Waals surface area contributed by atoms with E-state index in [1.807, 2.05) is 0 Å². The molecule has 18 heavy (non-hydrogen) atoms. The van der Waals surface area contributed by atoms with Gasteiger partial charge in [-0.2, -0.15) is 4.31 Å². The highest BCUT2D eigenvalue weighted by atomic mass is 32.2. The van der Waals surface area contributed by atoms with E-state index in [0.717, 1.165) is 25.7 Å². The number of aryl methyl sites for hydroxylation is 2. The Morgan fingerprint density at radius 2 is 1.61 bits per heavy atom. The third kappa shape index (κ3) is 2.59. The first-order valence-corrected chi connectivity index (χ1v) is 7.90. The van der Waals surface area contributed by atoms with Gasteiger partial charge in [0.25, 0.3) is 0 Å². The molecule has 6 heteroatoms. The topological polar surface area (TPSA) is 63.4 Å². The van der Waals surface area contributed by atoms with Crippen LogP contribution in [0.25, 0.3) is 0 Å². The van der Waals surface area contributed by atoms with Gasteiger partial charge < -0.3 is 4.52 Å². The van der Waals surface area contributed by atoms with Crippen LogP contribution in [0.5, 0.6) is 0 Å². The molecule has 1 aliphatic rings. The molecule has 0 spiro atoms. The van der Waals surface area contributed by atoms with E-state index < -0.39 is 10.0 Å². The normalized spacial score (nSPS) is 19.4. The van der Waals surface area contributed by atoms with Crippen LogP contribution in [0.2, 0.25) is 0 Å². The molecule has 0 bridgehead atoms. The summed E-state index contributed by atoms with van der Waals surface area (Å²) in [7, 11) is -3.44. The second-order valence-corrected chi connectivity index (χ2v) is 6.70. The molecule has 0 saturated carbocycles. The molecule has 0 atom stereocenters. The molecule has 0 aliphatic carbocycles. The van der Waals surface area contributed by atoms with Crippen LogP contribution in [0.3, 0.4) is 0 Å². The van der Waals surface area contributed by atoms with E-state index in [0.29, 0.717) is 24.5 Å². The largest absolute Gasteiger partial charge is 0.360 e. The van der Waals surface area contributed by atoms with E-state index in [4.69, 9.17) is 4.52 Å². The lowest BCUT2D eigenvalue weighted by atomic mass is 10.1. The Labute approximate surface area is 108 Å². The number of rotatable bonds is 2. The van der Waals surface area contributed by atoms with Crippen LogP contribution >= 0.6 is 0 Å². The standard InChI is InChI=1S/C12H20N2O3S/c1-10-12(11(2)17-13-10)18(15,16)14-8-6-4-3-5-7-9-14/h3-9H2,1-2H3. The van der Waals surface area contributed by atoms with Crippen molar-refractivity contribution in [2.45, 2.75) is 50.8 Å². The molecule has 2 heterocycles. The molecular formula is C12H20N2O3S. The molecule has 0 amide bonds. The Balaban J connectivity index is 2.29. The summed E-state index contributed by atoms with van der Waals surface area (Å²) in [6.07, 6.45) is 5.28. The highest BCUT2D eigenvalue weighted by molar-refractivity contribution is 7.89. The summed E-state index contributed by atoms with van der Waals surface area (Å²) in [4.78, 5) is 0.253. The van der Waals surface area contributed by atoms with E-state index in [9.17, 15) is 8.42 Å². The maximum absolute atomic E-state index is 12.6. The Bertz CT molecular complexity index is 480. The summed E-state index contributed by atoms with van der Waals surface area (Å²) >= 11 is 0. The zero-order chi connectivity index (χ0) is 13.2. The first-order chi connectivity index (χ1) is 8.53. The fourth-order valence-electron chi connectivity index (χ4n) is 2.43. The van der Waals surface area contributed by atoms with Gasteiger partial charge in [0.05, 0.1) is 0 Å². The van der Waals surface area contributed by atoms with E-state index in [1.165, 1.54) is 6.42 Å². The molecule has 1 fully saturated rings. The summed E-state index contributed by atoms with van der Waals surface area (Å²) in [5.74, 6) is 0.384. The molecule has 1 saturated heterocycles. The second kappa shape index (κ2) is 5.40. The number of sulfonamides is 1. The SMILES string of the molecule is Cc1noc(C)c1S(=O)(=O)N1CCCCCCC1. The smallest absolute Gasteiger partial charge is 0.248 e. The summed E-state index contributed by atoms with van der Waals surface area (Å²) in [6.45, 7) is 4.53. The van der Waals surface area contributed by atoms with Gasteiger partial charge in [-0.25, -0.2) is 8.42 Å². The molecule has 5 nitrogen and oxygen atoms in total. The molecule has 0 aromatic carbocycles. The first kappa shape index (κ1) is 13.5. The molecule has 0 N–H and O–H groups in total. The summed E-state index contributed by atoms with van der Waals surface area (Å²) in [5, 5.41) is 3.74. The molecule has 1 aromatic heterocycles. The van der Waals surface area contributed by atoms with Crippen molar-refractivity contribution in [1.29, 1.82) is 0 Å². The molecular weight excluding hydrogens is 252 g/mol. The van der Waals surface area contributed by atoms with Gasteiger partial charge in [0.1, 0.15) is 10.6 Å². The van der Waals surface area contributed by atoms with Crippen LogP contribution in [-0.2, 0) is 10.0 Å². The van der Waals surface area contributed by atoms with Gasteiger partial charge >= 0.3 is 0 Å². The van der Waals surface area contributed by atoms with Gasteiger partial charge in [0.2, 0.25) is 10.0 Å². The number of nitrogens with zero attached hydrogens (tertiary/aromatic N) is 2. The lowest BCUT2D eigenvalue weighted by Gasteiger charge is -2.23. The van der Waals surface area contributed by atoms with Crippen molar-refractivity contribution >= 4 is 10.0 Å². The Morgan fingerprint density at radius 1 is 1.06 bits per heavy atom. The van der Waals surface area contributed by atoms with Crippen LogP contribution in [0, 0.1) is 13.8 Å². The van der Waals surface area contributed by atoms with Crippen LogP contribution < -0.4 is 0 Å². The minimum absolute atomic E-state index is 0.253. The van der Waals surface area contributed by atoms with Crippen molar-refractivity contribution in [3.05, 3.63) is 11.5 Å². The van der Waals surface area contributed by atoms with E-state index in [-0.39, 0.29) is 4.90 Å². The zero-order valence-corrected chi connectivity index (χ0v) is 11.8. The molecule has 0 radical (unpaired) electrons. The average Bonchev–Trinajstić information content (AvgIpc) is 2.57. The van der Waals surface area contributed by atoms with E-state index in [1.54, 1.807) is 18.2 Å². The molecule has 102 valence electrons. The second-order valence-electron chi connectivity index (χ2n) is 4.83. The maximum atomic E-state index is 12.6. The summed E-state index contributed by atoms with van der Waals surface area (Å²) in [6, 6.07) is 0. The van der Waals surface area contributed by atoms with Crippen molar-refractivity contribution in [1.82, 2.24) is 9.46 Å². The van der Waals surface area contributed by atoms with Gasteiger partial charge in [-0.3, -0.25) is 0 Å². The van der Waals surface area contributed by atoms with Crippen LogP contribution in [0.1, 0.15) is 43.6 Å². The first-order valence-electron chi connectivity index (χ1n) is 6.46. The summed E-state index contributed by atoms with van der Waals surface area (Å²) < 4.78 is 31.7. The third-order valence-electron chi connectivity index (χ3n) is 3.38. The Kier molecular flexibility index (Phi) is 4.07. The number of hydrogen-bond donors (Lipinski definition) is 0. The predicted molar refractivity (Wildman–Crippen MR) is 67.8 cm³/mol. The van der Waals surface area contributed by atoms with E-state index in [2.05, 4.69) is 5.16 Å². The Hall–Kier alpha value is -0.880. The number of aromatic nitrogens is 1. The molecule has 1 aromatic rings. The zero-order valence-electron chi connectivity index (χ0n) is 11.0. The monoisotopic (exact) mass is 272 g/mol. The summed E-state index contributed by atoms with van der Waals surface area (Å²) in [5.41, 5.74) is 0.453. The molecule has 2 rings (SSSR count). The van der Waals surface area contributed by atoms with Crippen LogP contribution in [0.15, 0.2) is 9.42 Å². The third-order valence-corrected chi connectivity index (χ3v) is 5.52. The van der Waals surface area contributed by atoms with Crippen molar-refractivity contribution in [2.75, 3.05) is 13.1 Å². The fraction of sp³-hybridized carbons (Fsp3) is 0.750.